The number of nitrogens with zero attached hydrogens (tertiary/aromatic N) is 3. The molecule has 0 spiro atoms. The molecular weight excluding hydrogens is 306 g/mol. The Morgan fingerprint density at radius 2 is 1.91 bits per heavy atom. The van der Waals surface area contributed by atoms with E-state index in [0.29, 0.717) is 10.4 Å². The van der Waals surface area contributed by atoms with Crippen LogP contribution in [0.25, 0.3) is 0 Å². The minimum Gasteiger partial charge on any atom is -0.314 e. The van der Waals surface area contributed by atoms with Crippen molar-refractivity contribution in [3.63, 3.8) is 0 Å². The molecular formula is C13H26N5O3S+. The largest absolute Gasteiger partial charge is 0.328 e. The number of carbonyl (C=O) groups is 1. The smallest absolute Gasteiger partial charge is 0.314 e. The Morgan fingerprint density at radius 3 is 2.45 bits per heavy atom. The third-order valence-corrected chi connectivity index (χ3v) is 4.68. The summed E-state index contributed by atoms with van der Waals surface area (Å²) in [6.07, 6.45) is 5.01. The Hall–Kier alpha value is -1.03. The summed E-state index contributed by atoms with van der Waals surface area (Å²) in [6, 6.07) is 0. The number of nitrogens with one attached hydrogen (secondary N) is 2. The average molecular weight is 332 g/mol. The van der Waals surface area contributed by atoms with Crippen LogP contribution < -0.4 is 10.7 Å². The molecule has 2 aliphatic rings. The highest BCUT2D eigenvalue weighted by molar-refractivity contribution is 7.89. The predicted molar refractivity (Wildman–Crippen MR) is 84.6 cm³/mol. The zero-order chi connectivity index (χ0) is 16.1. The number of likely N-dealkylation sites (tertiary alicyclic amines) is 1. The number of piperazine rings is 1. The number of carbonyl (C=O) groups excluding carboxylic acids is 1. The fourth-order valence-corrected chi connectivity index (χ4v) is 3.56. The molecule has 126 valence electrons. The van der Waals surface area contributed by atoms with Gasteiger partial charge in [-0.1, -0.05) is 4.40 Å². The van der Waals surface area contributed by atoms with Gasteiger partial charge >= 0.3 is 5.96 Å². The van der Waals surface area contributed by atoms with Crippen LogP contribution in [0.2, 0.25) is 0 Å². The number of quaternary nitrogens is 1. The minimum atomic E-state index is -3.53. The molecule has 0 saturated carbocycles. The lowest BCUT2D eigenvalue weighted by atomic mass is 10.1. The van der Waals surface area contributed by atoms with Gasteiger partial charge < -0.3 is 5.32 Å². The van der Waals surface area contributed by atoms with Crippen LogP contribution in [0.3, 0.4) is 0 Å². The highest BCUT2D eigenvalue weighted by Crippen LogP contribution is 2.19. The predicted octanol–water partition coefficient (Wildman–Crippen LogP) is -1.09. The standard InChI is InChI=1S/C13H26N5O3S/c1-22(20,21)16-13(15-17-7-5-14-6-8-17)18(11-12-19)9-3-2-4-10-18/h12,14H,2-11H2,1H3,(H,15,16)/q+1. The maximum absolute atomic E-state index is 11.7. The van der Waals surface area contributed by atoms with Crippen LogP contribution in [0.5, 0.6) is 0 Å². The molecule has 9 heteroatoms. The van der Waals surface area contributed by atoms with Crippen LogP contribution in [0, 0.1) is 0 Å². The molecule has 0 aromatic carbocycles. The van der Waals surface area contributed by atoms with E-state index in [2.05, 4.69) is 15.1 Å². The van der Waals surface area contributed by atoms with E-state index in [1.165, 1.54) is 0 Å². The van der Waals surface area contributed by atoms with Gasteiger partial charge in [0, 0.05) is 26.2 Å². The second kappa shape index (κ2) is 7.49. The highest BCUT2D eigenvalue weighted by atomic mass is 32.2. The minimum absolute atomic E-state index is 0.257. The van der Waals surface area contributed by atoms with Gasteiger partial charge in [-0.15, -0.1) is 0 Å². The molecule has 22 heavy (non-hydrogen) atoms. The van der Waals surface area contributed by atoms with Crippen molar-refractivity contribution in [2.75, 3.05) is 52.1 Å². The molecule has 0 unspecified atom stereocenters. The Kier molecular flexibility index (Phi) is 5.90. The van der Waals surface area contributed by atoms with Crippen LogP contribution in [-0.4, -0.2) is 82.2 Å². The van der Waals surface area contributed by atoms with Crippen molar-refractivity contribution in [1.82, 2.24) is 15.8 Å². The van der Waals surface area contributed by atoms with Crippen LogP contribution in [0.15, 0.2) is 4.40 Å². The Bertz CT molecular complexity index is 508. The zero-order valence-electron chi connectivity index (χ0n) is 13.1. The number of hydrazine groups is 1. The van der Waals surface area contributed by atoms with E-state index in [4.69, 9.17) is 0 Å². The van der Waals surface area contributed by atoms with Gasteiger partial charge in [-0.2, -0.15) is 0 Å². The van der Waals surface area contributed by atoms with Gasteiger partial charge in [0.05, 0.1) is 19.3 Å². The molecule has 2 heterocycles. The maximum atomic E-state index is 11.7. The number of hydrogen-bond donors (Lipinski definition) is 2. The lowest BCUT2D eigenvalue weighted by molar-refractivity contribution is -0.841. The van der Waals surface area contributed by atoms with E-state index in [0.717, 1.165) is 71.1 Å². The summed E-state index contributed by atoms with van der Waals surface area (Å²) >= 11 is 0. The maximum Gasteiger partial charge on any atom is 0.328 e. The number of piperidine rings is 1. The van der Waals surface area contributed by atoms with Gasteiger partial charge in [-0.3, -0.25) is 14.7 Å². The van der Waals surface area contributed by atoms with Crippen molar-refractivity contribution in [3.05, 3.63) is 0 Å². The fourth-order valence-electron chi connectivity index (χ4n) is 3.03. The molecule has 0 atom stereocenters. The first-order chi connectivity index (χ1) is 10.5. The Balaban J connectivity index is 2.28. The number of sulfonamides is 1. The summed E-state index contributed by atoms with van der Waals surface area (Å²) in [6.45, 7) is 4.96. The zero-order valence-corrected chi connectivity index (χ0v) is 13.9. The van der Waals surface area contributed by atoms with E-state index < -0.39 is 10.0 Å². The molecule has 0 aliphatic carbocycles. The first-order valence-corrected chi connectivity index (χ1v) is 9.63. The molecule has 2 aliphatic heterocycles. The summed E-state index contributed by atoms with van der Waals surface area (Å²) in [5.74, 6) is 0.385. The molecule has 0 bridgehead atoms. The molecule has 2 saturated heterocycles. The highest BCUT2D eigenvalue weighted by Gasteiger charge is 2.38. The number of hydrogen-bond acceptors (Lipinski definition) is 5. The third-order valence-electron chi connectivity index (χ3n) is 4.17. The van der Waals surface area contributed by atoms with Gasteiger partial charge in [0.25, 0.3) is 10.0 Å². The first-order valence-electron chi connectivity index (χ1n) is 7.78. The monoisotopic (exact) mass is 332 g/mol. The van der Waals surface area contributed by atoms with Gasteiger partial charge in [-0.05, 0) is 19.3 Å². The number of rotatable bonds is 4. The first kappa shape index (κ1) is 17.3. The van der Waals surface area contributed by atoms with Crippen molar-refractivity contribution in [2.24, 2.45) is 4.40 Å². The summed E-state index contributed by atoms with van der Waals surface area (Å²) in [5, 5.41) is 5.22. The lowest BCUT2D eigenvalue weighted by Crippen LogP contribution is -2.65. The quantitative estimate of drug-likeness (QED) is 0.294. The number of guanidine groups is 1. The molecule has 2 rings (SSSR count). The Labute approximate surface area is 132 Å². The molecule has 0 radical (unpaired) electrons. The van der Waals surface area contributed by atoms with E-state index in [9.17, 15) is 13.2 Å². The summed E-state index contributed by atoms with van der Waals surface area (Å²) in [5.41, 5.74) is 3.19. The van der Waals surface area contributed by atoms with E-state index >= 15 is 0 Å². The second-order valence-electron chi connectivity index (χ2n) is 6.00. The average Bonchev–Trinajstić information content (AvgIpc) is 2.47. The summed E-state index contributed by atoms with van der Waals surface area (Å²) < 4.78 is 27.7. The topological polar surface area (TPSA) is 90.9 Å². The van der Waals surface area contributed by atoms with Crippen LogP contribution in [-0.2, 0) is 14.8 Å². The molecule has 0 amide bonds. The van der Waals surface area contributed by atoms with Crippen molar-refractivity contribution >= 4 is 22.3 Å². The van der Waals surface area contributed by atoms with Gasteiger partial charge in [0.1, 0.15) is 6.54 Å². The van der Waals surface area contributed by atoms with Gasteiger partial charge in [0.15, 0.2) is 6.29 Å². The van der Waals surface area contributed by atoms with Crippen molar-refractivity contribution < 1.29 is 17.7 Å². The van der Waals surface area contributed by atoms with Gasteiger partial charge in [0.2, 0.25) is 0 Å². The summed E-state index contributed by atoms with van der Waals surface area (Å²) in [4.78, 5) is 11.2. The van der Waals surface area contributed by atoms with E-state index in [1.807, 2.05) is 5.01 Å². The summed E-state index contributed by atoms with van der Waals surface area (Å²) in [7, 11) is -3.53. The Morgan fingerprint density at radius 1 is 1.27 bits per heavy atom. The van der Waals surface area contributed by atoms with Crippen LogP contribution >= 0.6 is 0 Å². The van der Waals surface area contributed by atoms with Crippen molar-refractivity contribution in [2.45, 2.75) is 19.3 Å². The van der Waals surface area contributed by atoms with E-state index in [-0.39, 0.29) is 6.54 Å². The normalized spacial score (nSPS) is 24.0. The lowest BCUT2D eigenvalue weighted by Gasteiger charge is -2.41. The van der Waals surface area contributed by atoms with Crippen LogP contribution in [0.1, 0.15) is 19.3 Å². The fraction of sp³-hybridized carbons (Fsp3) is 0.846. The molecule has 0 aromatic rings. The third kappa shape index (κ3) is 4.73. The van der Waals surface area contributed by atoms with Gasteiger partial charge in [-0.25, -0.2) is 13.4 Å². The molecule has 2 N–H and O–H groups in total. The second-order valence-corrected chi connectivity index (χ2v) is 7.65. The molecule has 8 nitrogen and oxygen atoms in total. The van der Waals surface area contributed by atoms with Crippen LogP contribution in [0.4, 0.5) is 0 Å². The molecule has 2 fully saturated rings. The van der Waals surface area contributed by atoms with Crippen molar-refractivity contribution in [3.8, 4) is 0 Å². The molecule has 0 aromatic heterocycles. The van der Waals surface area contributed by atoms with E-state index in [1.54, 1.807) is 0 Å². The number of aldehydes is 1. The SMILES string of the molecule is CS(=O)(=O)N=C(NN1CCNCC1)[N+]1(CC=O)CCCCC1. The van der Waals surface area contributed by atoms with Crippen molar-refractivity contribution in [1.29, 1.82) is 0 Å².